The fraction of sp³-hybridized carbons (Fsp3) is 0.346. The molecule has 2 amide bonds. The number of likely N-dealkylation sites (tertiary alicyclic amines) is 1. The molecule has 1 saturated heterocycles. The normalized spacial score (nSPS) is 14.6. The van der Waals surface area contributed by atoms with Crippen molar-refractivity contribution in [2.75, 3.05) is 19.6 Å². The number of amides is 2. The van der Waals surface area contributed by atoms with Gasteiger partial charge in [0.2, 0.25) is 5.91 Å². The van der Waals surface area contributed by atoms with E-state index in [1.54, 1.807) is 29.7 Å². The largest absolute Gasteiger partial charge is 0.489 e. The van der Waals surface area contributed by atoms with Gasteiger partial charge in [0, 0.05) is 28.8 Å². The second-order valence-corrected chi connectivity index (χ2v) is 8.67. The molecule has 1 aliphatic heterocycles. The Balaban J connectivity index is 1.38. The second-order valence-electron chi connectivity index (χ2n) is 8.67. The van der Waals surface area contributed by atoms with Crippen molar-refractivity contribution in [3.05, 3.63) is 71.4 Å². The number of fused-ring (bicyclic) bond motifs is 1. The van der Waals surface area contributed by atoms with Crippen LogP contribution in [0, 0.1) is 6.92 Å². The molecule has 0 spiro atoms. The van der Waals surface area contributed by atoms with Gasteiger partial charge in [0.15, 0.2) is 0 Å². The Kier molecular flexibility index (Phi) is 7.72. The fourth-order valence-corrected chi connectivity index (χ4v) is 4.35. The first-order valence-electron chi connectivity index (χ1n) is 11.6. The molecular weight excluding hydrogens is 432 g/mol. The molecule has 0 radical (unpaired) electrons. The maximum absolute atomic E-state index is 12.8. The van der Waals surface area contributed by atoms with Gasteiger partial charge >= 0.3 is 0 Å². The molecule has 3 N–H and O–H groups in total. The highest BCUT2D eigenvalue weighted by Gasteiger charge is 2.22. The Morgan fingerprint density at radius 1 is 1.12 bits per heavy atom. The molecule has 0 saturated carbocycles. The Hall–Kier alpha value is -3.49. The summed E-state index contributed by atoms with van der Waals surface area (Å²) in [5.41, 5.74) is 5.06. The third-order valence-electron chi connectivity index (χ3n) is 6.01. The predicted molar refractivity (Wildman–Crippen MR) is 129 cm³/mol. The summed E-state index contributed by atoms with van der Waals surface area (Å²) in [6.07, 6.45) is 2.24. The number of aryl methyl sites for hydroxylation is 1. The van der Waals surface area contributed by atoms with Gasteiger partial charge < -0.3 is 15.0 Å². The Labute approximate surface area is 198 Å². The van der Waals surface area contributed by atoms with E-state index in [0.29, 0.717) is 24.5 Å². The van der Waals surface area contributed by atoms with E-state index in [2.05, 4.69) is 15.2 Å². The number of nitrogens with one attached hydrogen (secondary N) is 2. The zero-order valence-corrected chi connectivity index (χ0v) is 19.3. The standard InChI is InChI=1S/C26H30N4O4/c1-18-14-20(23-6-2-3-7-24(23)27-18)17-34-22-10-8-19(9-11-22)26(32)28-21(15-25(31)29-33)16-30-12-4-5-13-30/h2-3,6-11,14,21,33H,4-5,12-13,15-17H2,1H3,(H,28,32)(H,29,31)/t21-/m0/s1. The zero-order chi connectivity index (χ0) is 23.9. The zero-order valence-electron chi connectivity index (χ0n) is 19.3. The lowest BCUT2D eigenvalue weighted by Crippen LogP contribution is -2.45. The van der Waals surface area contributed by atoms with E-state index in [1.165, 1.54) is 0 Å². The molecule has 8 nitrogen and oxygen atoms in total. The molecule has 1 aliphatic rings. The van der Waals surface area contributed by atoms with Gasteiger partial charge in [0.05, 0.1) is 18.0 Å². The molecule has 1 fully saturated rings. The van der Waals surface area contributed by atoms with Gasteiger partial charge in [0.25, 0.3) is 5.91 Å². The number of hydrogen-bond donors (Lipinski definition) is 3. The molecule has 2 aromatic carbocycles. The third kappa shape index (κ3) is 6.09. The van der Waals surface area contributed by atoms with E-state index in [9.17, 15) is 9.59 Å². The quantitative estimate of drug-likeness (QED) is 0.333. The first-order valence-corrected chi connectivity index (χ1v) is 11.6. The second kappa shape index (κ2) is 11.1. The van der Waals surface area contributed by atoms with Gasteiger partial charge in [-0.05, 0) is 69.3 Å². The van der Waals surface area contributed by atoms with Crippen molar-refractivity contribution >= 4 is 22.7 Å². The molecule has 34 heavy (non-hydrogen) atoms. The van der Waals surface area contributed by atoms with Crippen LogP contribution in [-0.4, -0.2) is 52.6 Å². The molecule has 0 aliphatic carbocycles. The SMILES string of the molecule is Cc1cc(COc2ccc(C(=O)N[C@@H](CC(=O)NO)CN3CCCC3)cc2)c2ccccc2n1. The minimum Gasteiger partial charge on any atom is -0.489 e. The lowest BCUT2D eigenvalue weighted by Gasteiger charge is -2.24. The number of para-hydroxylation sites is 1. The van der Waals surface area contributed by atoms with Gasteiger partial charge in [-0.2, -0.15) is 0 Å². The number of hydroxylamine groups is 1. The summed E-state index contributed by atoms with van der Waals surface area (Å²) in [4.78, 5) is 31.3. The molecule has 3 aromatic rings. The summed E-state index contributed by atoms with van der Waals surface area (Å²) < 4.78 is 5.98. The van der Waals surface area contributed by atoms with E-state index in [0.717, 1.165) is 48.1 Å². The molecule has 1 atom stereocenters. The van der Waals surface area contributed by atoms with Crippen LogP contribution in [0.25, 0.3) is 10.9 Å². The molecule has 2 heterocycles. The number of hydrogen-bond acceptors (Lipinski definition) is 6. The molecule has 8 heteroatoms. The number of ether oxygens (including phenoxy) is 1. The molecule has 178 valence electrons. The number of rotatable bonds is 9. The Bertz CT molecular complexity index is 1140. The van der Waals surface area contributed by atoms with E-state index in [-0.39, 0.29) is 12.3 Å². The average molecular weight is 463 g/mol. The van der Waals surface area contributed by atoms with Crippen LogP contribution in [0.2, 0.25) is 0 Å². The Morgan fingerprint density at radius 2 is 1.85 bits per heavy atom. The predicted octanol–water partition coefficient (Wildman–Crippen LogP) is 3.21. The number of carbonyl (C=O) groups is 2. The van der Waals surface area contributed by atoms with Crippen molar-refractivity contribution in [1.82, 2.24) is 20.7 Å². The highest BCUT2D eigenvalue weighted by atomic mass is 16.5. The van der Waals surface area contributed by atoms with Crippen molar-refractivity contribution in [2.24, 2.45) is 0 Å². The number of pyridine rings is 1. The third-order valence-corrected chi connectivity index (χ3v) is 6.01. The maximum atomic E-state index is 12.8. The lowest BCUT2D eigenvalue weighted by atomic mass is 10.1. The topological polar surface area (TPSA) is 104 Å². The molecule has 0 bridgehead atoms. The summed E-state index contributed by atoms with van der Waals surface area (Å²) in [5, 5.41) is 12.9. The number of benzene rings is 2. The van der Waals surface area contributed by atoms with Crippen molar-refractivity contribution in [3.8, 4) is 5.75 Å². The van der Waals surface area contributed by atoms with Crippen LogP contribution >= 0.6 is 0 Å². The highest BCUT2D eigenvalue weighted by Crippen LogP contribution is 2.21. The van der Waals surface area contributed by atoms with Crippen LogP contribution in [0.4, 0.5) is 0 Å². The minimum atomic E-state index is -0.521. The smallest absolute Gasteiger partial charge is 0.251 e. The summed E-state index contributed by atoms with van der Waals surface area (Å²) in [6, 6.07) is 16.5. The monoisotopic (exact) mass is 462 g/mol. The number of aromatic nitrogens is 1. The van der Waals surface area contributed by atoms with E-state index < -0.39 is 11.9 Å². The number of carbonyl (C=O) groups excluding carboxylic acids is 2. The molecule has 1 aromatic heterocycles. The Morgan fingerprint density at radius 3 is 2.59 bits per heavy atom. The molecular formula is C26H30N4O4. The average Bonchev–Trinajstić information content (AvgIpc) is 3.35. The van der Waals surface area contributed by atoms with E-state index >= 15 is 0 Å². The van der Waals surface area contributed by atoms with Crippen molar-refractivity contribution in [3.63, 3.8) is 0 Å². The van der Waals surface area contributed by atoms with Gasteiger partial charge in [-0.1, -0.05) is 18.2 Å². The van der Waals surface area contributed by atoms with Crippen LogP contribution in [0.5, 0.6) is 5.75 Å². The van der Waals surface area contributed by atoms with Crippen molar-refractivity contribution in [2.45, 2.75) is 38.8 Å². The lowest BCUT2D eigenvalue weighted by molar-refractivity contribution is -0.129. The van der Waals surface area contributed by atoms with Crippen LogP contribution in [-0.2, 0) is 11.4 Å². The van der Waals surface area contributed by atoms with Gasteiger partial charge in [-0.25, -0.2) is 5.48 Å². The summed E-state index contributed by atoms with van der Waals surface area (Å²) in [6.45, 7) is 4.82. The van der Waals surface area contributed by atoms with Crippen molar-refractivity contribution < 1.29 is 19.5 Å². The number of nitrogens with zero attached hydrogens (tertiary/aromatic N) is 2. The summed E-state index contributed by atoms with van der Waals surface area (Å²) in [7, 11) is 0. The molecule has 4 rings (SSSR count). The van der Waals surface area contributed by atoms with Crippen LogP contribution in [0.3, 0.4) is 0 Å². The van der Waals surface area contributed by atoms with E-state index in [1.807, 2.05) is 37.3 Å². The first kappa shape index (κ1) is 23.7. The highest BCUT2D eigenvalue weighted by molar-refractivity contribution is 5.94. The summed E-state index contributed by atoms with van der Waals surface area (Å²) in [5.74, 6) is -0.132. The fourth-order valence-electron chi connectivity index (χ4n) is 4.35. The van der Waals surface area contributed by atoms with Crippen LogP contribution in [0.15, 0.2) is 54.6 Å². The summed E-state index contributed by atoms with van der Waals surface area (Å²) >= 11 is 0. The minimum absolute atomic E-state index is 0.0131. The van der Waals surface area contributed by atoms with E-state index in [4.69, 9.17) is 9.94 Å². The maximum Gasteiger partial charge on any atom is 0.251 e. The van der Waals surface area contributed by atoms with Crippen molar-refractivity contribution in [1.29, 1.82) is 0 Å². The van der Waals surface area contributed by atoms with Gasteiger partial charge in [0.1, 0.15) is 12.4 Å². The van der Waals surface area contributed by atoms with Crippen LogP contribution in [0.1, 0.15) is 40.9 Å². The van der Waals surface area contributed by atoms with Gasteiger partial charge in [-0.15, -0.1) is 0 Å². The van der Waals surface area contributed by atoms with Gasteiger partial charge in [-0.3, -0.25) is 19.8 Å². The first-order chi connectivity index (χ1) is 16.5. The molecule has 0 unspecified atom stereocenters. The van der Waals surface area contributed by atoms with Crippen LogP contribution < -0.4 is 15.5 Å².